The normalized spacial score (nSPS) is 11.6. The van der Waals surface area contributed by atoms with Crippen molar-refractivity contribution in [2.75, 3.05) is 27.6 Å². The Kier molecular flexibility index (Phi) is 8.19. The molecular formula is C27H30O6. The van der Waals surface area contributed by atoms with E-state index in [1.54, 1.807) is 14.2 Å². The molecule has 3 aromatic carbocycles. The van der Waals surface area contributed by atoms with Crippen molar-refractivity contribution in [2.45, 2.75) is 26.2 Å². The number of carbonyl (C=O) groups is 1. The van der Waals surface area contributed by atoms with Crippen molar-refractivity contribution in [2.24, 2.45) is 0 Å². The van der Waals surface area contributed by atoms with E-state index in [1.807, 2.05) is 66.7 Å². The molecule has 0 aliphatic carbocycles. The van der Waals surface area contributed by atoms with Gasteiger partial charge in [0.2, 0.25) is 18.3 Å². The number of carbonyl (C=O) groups excluding carboxylic acids is 1. The Morgan fingerprint density at radius 2 is 1.52 bits per heavy atom. The van der Waals surface area contributed by atoms with E-state index in [0.717, 1.165) is 16.7 Å². The SMILES string of the molecule is C.COc1c(CCCOC(=O)C(c2ccccc2)c2ccccc2)cc2c(c1OC)OCO2. The molecule has 0 aromatic heterocycles. The second-order valence-electron chi connectivity index (χ2n) is 7.36. The molecular weight excluding hydrogens is 420 g/mol. The third-order valence-corrected chi connectivity index (χ3v) is 5.40. The first kappa shape index (κ1) is 24.0. The molecule has 0 saturated carbocycles. The fraction of sp³-hybridized carbons (Fsp3) is 0.296. The molecule has 1 aliphatic rings. The number of benzene rings is 3. The highest BCUT2D eigenvalue weighted by molar-refractivity contribution is 5.82. The highest BCUT2D eigenvalue weighted by atomic mass is 16.7. The van der Waals surface area contributed by atoms with Gasteiger partial charge in [-0.15, -0.1) is 0 Å². The van der Waals surface area contributed by atoms with E-state index >= 15 is 0 Å². The molecule has 1 aliphatic heterocycles. The number of aryl methyl sites for hydroxylation is 1. The summed E-state index contributed by atoms with van der Waals surface area (Å²) < 4.78 is 27.7. The van der Waals surface area contributed by atoms with Crippen LogP contribution >= 0.6 is 0 Å². The van der Waals surface area contributed by atoms with Gasteiger partial charge in [0.1, 0.15) is 5.92 Å². The second-order valence-corrected chi connectivity index (χ2v) is 7.36. The lowest BCUT2D eigenvalue weighted by atomic mass is 9.91. The number of methoxy groups -OCH3 is 2. The lowest BCUT2D eigenvalue weighted by Crippen LogP contribution is -2.18. The van der Waals surface area contributed by atoms with Crippen LogP contribution in [0.15, 0.2) is 66.7 Å². The Bertz CT molecular complexity index is 1010. The van der Waals surface area contributed by atoms with Crippen molar-refractivity contribution < 1.29 is 28.5 Å². The molecule has 0 atom stereocenters. The van der Waals surface area contributed by atoms with Gasteiger partial charge in [-0.3, -0.25) is 4.79 Å². The van der Waals surface area contributed by atoms with Gasteiger partial charge >= 0.3 is 5.97 Å². The molecule has 1 heterocycles. The first-order valence-corrected chi connectivity index (χ1v) is 10.5. The fourth-order valence-electron chi connectivity index (χ4n) is 3.92. The van der Waals surface area contributed by atoms with Crippen LogP contribution in [0.3, 0.4) is 0 Å². The van der Waals surface area contributed by atoms with Gasteiger partial charge in [0, 0.05) is 5.56 Å². The van der Waals surface area contributed by atoms with Crippen LogP contribution in [0.1, 0.15) is 36.5 Å². The van der Waals surface area contributed by atoms with Gasteiger partial charge in [0.05, 0.1) is 20.8 Å². The summed E-state index contributed by atoms with van der Waals surface area (Å²) >= 11 is 0. The van der Waals surface area contributed by atoms with E-state index in [9.17, 15) is 4.79 Å². The van der Waals surface area contributed by atoms with Crippen LogP contribution in [0.2, 0.25) is 0 Å². The number of rotatable bonds is 9. The molecule has 0 fully saturated rings. The summed E-state index contributed by atoms with van der Waals surface area (Å²) in [7, 11) is 3.16. The highest BCUT2D eigenvalue weighted by Gasteiger charge is 2.27. The average Bonchev–Trinajstić information content (AvgIpc) is 3.30. The van der Waals surface area contributed by atoms with Crippen LogP contribution in [0.5, 0.6) is 23.0 Å². The first-order valence-electron chi connectivity index (χ1n) is 10.5. The Morgan fingerprint density at radius 3 is 2.09 bits per heavy atom. The molecule has 0 spiro atoms. The minimum absolute atomic E-state index is 0. The van der Waals surface area contributed by atoms with Crippen molar-refractivity contribution in [1.82, 2.24) is 0 Å². The molecule has 0 saturated heterocycles. The van der Waals surface area contributed by atoms with Crippen LogP contribution in [-0.2, 0) is 16.0 Å². The number of esters is 1. The largest absolute Gasteiger partial charge is 0.492 e. The Balaban J connectivity index is 0.00000306. The second kappa shape index (κ2) is 11.3. The van der Waals surface area contributed by atoms with Gasteiger partial charge in [-0.05, 0) is 30.0 Å². The maximum absolute atomic E-state index is 13.0. The predicted molar refractivity (Wildman–Crippen MR) is 126 cm³/mol. The summed E-state index contributed by atoms with van der Waals surface area (Å²) in [6.45, 7) is 0.436. The molecule has 0 radical (unpaired) electrons. The first-order chi connectivity index (χ1) is 15.7. The summed E-state index contributed by atoms with van der Waals surface area (Å²) in [6, 6.07) is 21.3. The quantitative estimate of drug-likeness (QED) is 0.322. The lowest BCUT2D eigenvalue weighted by molar-refractivity contribution is -0.144. The molecule has 0 unspecified atom stereocenters. The van der Waals surface area contributed by atoms with Crippen LogP contribution < -0.4 is 18.9 Å². The maximum atomic E-state index is 13.0. The van der Waals surface area contributed by atoms with E-state index in [2.05, 4.69) is 0 Å². The third kappa shape index (κ3) is 5.22. The van der Waals surface area contributed by atoms with Gasteiger partial charge in [0.15, 0.2) is 11.5 Å². The summed E-state index contributed by atoms with van der Waals surface area (Å²) in [4.78, 5) is 13.0. The molecule has 174 valence electrons. The van der Waals surface area contributed by atoms with Gasteiger partial charge < -0.3 is 23.7 Å². The molecule has 6 heteroatoms. The van der Waals surface area contributed by atoms with Crippen molar-refractivity contribution in [1.29, 1.82) is 0 Å². The van der Waals surface area contributed by atoms with Crippen LogP contribution in [0.25, 0.3) is 0 Å². The zero-order valence-electron chi connectivity index (χ0n) is 18.2. The van der Waals surface area contributed by atoms with Crippen molar-refractivity contribution >= 4 is 5.97 Å². The summed E-state index contributed by atoms with van der Waals surface area (Å²) in [6.07, 6.45) is 1.26. The monoisotopic (exact) mass is 450 g/mol. The molecule has 6 nitrogen and oxygen atoms in total. The van der Waals surface area contributed by atoms with Crippen molar-refractivity contribution in [3.05, 3.63) is 83.4 Å². The zero-order valence-corrected chi connectivity index (χ0v) is 18.2. The topological polar surface area (TPSA) is 63.2 Å². The Hall–Kier alpha value is -3.67. The third-order valence-electron chi connectivity index (χ3n) is 5.40. The van der Waals surface area contributed by atoms with E-state index in [-0.39, 0.29) is 26.8 Å². The van der Waals surface area contributed by atoms with Crippen LogP contribution in [-0.4, -0.2) is 33.6 Å². The Morgan fingerprint density at radius 1 is 0.909 bits per heavy atom. The number of hydrogen-bond donors (Lipinski definition) is 0. The Labute approximate surface area is 195 Å². The van der Waals surface area contributed by atoms with Gasteiger partial charge in [0.25, 0.3) is 0 Å². The zero-order chi connectivity index (χ0) is 22.3. The standard InChI is InChI=1S/C26H26O6.CH4/c1-28-23-20(16-21-24(25(23)29-2)32-17-31-21)14-9-15-30-26(27)22(18-10-5-3-6-11-18)19-12-7-4-8-13-19;/h3-8,10-13,16,22H,9,14-15,17H2,1-2H3;1H4. The minimum atomic E-state index is -0.461. The van der Waals surface area contributed by atoms with Crippen LogP contribution in [0.4, 0.5) is 0 Å². The molecule has 0 bridgehead atoms. The number of ether oxygens (including phenoxy) is 5. The van der Waals surface area contributed by atoms with E-state index in [4.69, 9.17) is 23.7 Å². The smallest absolute Gasteiger partial charge is 0.317 e. The predicted octanol–water partition coefficient (Wildman–Crippen LogP) is 5.38. The molecule has 4 rings (SSSR count). The highest BCUT2D eigenvalue weighted by Crippen LogP contribution is 2.49. The van der Waals surface area contributed by atoms with Crippen LogP contribution in [0, 0.1) is 0 Å². The number of fused-ring (bicyclic) bond motifs is 1. The van der Waals surface area contributed by atoms with E-state index < -0.39 is 5.92 Å². The van der Waals surface area contributed by atoms with Crippen molar-refractivity contribution in [3.63, 3.8) is 0 Å². The lowest BCUT2D eigenvalue weighted by Gasteiger charge is -2.17. The average molecular weight is 451 g/mol. The van der Waals surface area contributed by atoms with Gasteiger partial charge in [-0.2, -0.15) is 0 Å². The summed E-state index contributed by atoms with van der Waals surface area (Å²) in [5, 5.41) is 0. The summed E-state index contributed by atoms with van der Waals surface area (Å²) in [5.41, 5.74) is 2.73. The fourth-order valence-corrected chi connectivity index (χ4v) is 3.92. The van der Waals surface area contributed by atoms with Gasteiger partial charge in [-0.1, -0.05) is 68.1 Å². The minimum Gasteiger partial charge on any atom is -0.492 e. The summed E-state index contributed by atoms with van der Waals surface area (Å²) in [5.74, 6) is 1.57. The van der Waals surface area contributed by atoms with Gasteiger partial charge in [-0.25, -0.2) is 0 Å². The molecule has 0 N–H and O–H groups in total. The van der Waals surface area contributed by atoms with E-state index in [1.165, 1.54) is 0 Å². The molecule has 33 heavy (non-hydrogen) atoms. The van der Waals surface area contributed by atoms with Crippen molar-refractivity contribution in [3.8, 4) is 23.0 Å². The molecule has 0 amide bonds. The van der Waals surface area contributed by atoms with E-state index in [0.29, 0.717) is 35.8 Å². The maximum Gasteiger partial charge on any atom is 0.317 e. The molecule has 3 aromatic rings. The number of hydrogen-bond acceptors (Lipinski definition) is 6.